The summed E-state index contributed by atoms with van der Waals surface area (Å²) in [5.74, 6) is 2.53. The fourth-order valence-corrected chi connectivity index (χ4v) is 1.55. The van der Waals surface area contributed by atoms with Crippen LogP contribution < -0.4 is 0 Å². The van der Waals surface area contributed by atoms with Gasteiger partial charge in [0.15, 0.2) is 0 Å². The van der Waals surface area contributed by atoms with Crippen LogP contribution in [0.1, 0.15) is 25.8 Å². The molecular formula is C15H19NO2. The molecule has 0 fully saturated rings. The Labute approximate surface area is 109 Å². The molecule has 0 aromatic heterocycles. The van der Waals surface area contributed by atoms with Gasteiger partial charge in [-0.2, -0.15) is 0 Å². The fraction of sp³-hybridized carbons (Fsp3) is 0.400. The van der Waals surface area contributed by atoms with E-state index in [9.17, 15) is 4.79 Å². The van der Waals surface area contributed by atoms with Crippen molar-refractivity contribution in [2.75, 3.05) is 6.54 Å². The summed E-state index contributed by atoms with van der Waals surface area (Å²) in [5, 5.41) is 0. The minimum Gasteiger partial charge on any atom is -0.445 e. The van der Waals surface area contributed by atoms with Gasteiger partial charge in [0, 0.05) is 19.0 Å². The second kappa shape index (κ2) is 7.39. The Bertz CT molecular complexity index is 406. The van der Waals surface area contributed by atoms with E-state index in [-0.39, 0.29) is 12.1 Å². The molecule has 0 unspecified atom stereocenters. The third-order valence-electron chi connectivity index (χ3n) is 2.56. The zero-order chi connectivity index (χ0) is 13.4. The average Bonchev–Trinajstić information content (AvgIpc) is 2.37. The monoisotopic (exact) mass is 245 g/mol. The van der Waals surface area contributed by atoms with Gasteiger partial charge in [-0.3, -0.25) is 0 Å². The van der Waals surface area contributed by atoms with Gasteiger partial charge in [-0.15, -0.1) is 12.3 Å². The number of carbonyl (C=O) groups is 1. The second-order valence-corrected chi connectivity index (χ2v) is 4.28. The molecule has 0 aliphatic carbocycles. The summed E-state index contributed by atoms with van der Waals surface area (Å²) in [4.78, 5) is 13.5. The lowest BCUT2D eigenvalue weighted by Crippen LogP contribution is -2.37. The first kappa shape index (κ1) is 14.1. The van der Waals surface area contributed by atoms with E-state index in [1.54, 1.807) is 4.90 Å². The second-order valence-electron chi connectivity index (χ2n) is 4.28. The van der Waals surface area contributed by atoms with Crippen LogP contribution in [-0.2, 0) is 11.3 Å². The van der Waals surface area contributed by atoms with Gasteiger partial charge >= 0.3 is 6.09 Å². The lowest BCUT2D eigenvalue weighted by Gasteiger charge is -2.25. The van der Waals surface area contributed by atoms with Crippen molar-refractivity contribution in [3.8, 4) is 12.3 Å². The molecule has 0 atom stereocenters. The van der Waals surface area contributed by atoms with Gasteiger partial charge in [0.1, 0.15) is 6.61 Å². The van der Waals surface area contributed by atoms with Gasteiger partial charge in [-0.25, -0.2) is 4.79 Å². The quantitative estimate of drug-likeness (QED) is 0.746. The van der Waals surface area contributed by atoms with Crippen LogP contribution in [0.2, 0.25) is 0 Å². The van der Waals surface area contributed by atoms with E-state index in [0.29, 0.717) is 19.6 Å². The molecule has 0 spiro atoms. The number of benzene rings is 1. The predicted octanol–water partition coefficient (Wildman–Crippen LogP) is 3.06. The minimum atomic E-state index is -0.316. The highest BCUT2D eigenvalue weighted by Gasteiger charge is 2.17. The molecule has 1 aromatic rings. The Kier molecular flexibility index (Phi) is 5.79. The molecule has 3 heteroatoms. The maximum absolute atomic E-state index is 11.9. The van der Waals surface area contributed by atoms with Gasteiger partial charge in [0.25, 0.3) is 0 Å². The summed E-state index contributed by atoms with van der Waals surface area (Å²) in [7, 11) is 0. The van der Waals surface area contributed by atoms with Crippen LogP contribution in [-0.4, -0.2) is 23.6 Å². The SMILES string of the molecule is C#CCCN(C(=O)OCc1ccccc1)C(C)C. The first-order valence-electron chi connectivity index (χ1n) is 6.06. The highest BCUT2D eigenvalue weighted by molar-refractivity contribution is 5.68. The van der Waals surface area contributed by atoms with E-state index in [1.807, 2.05) is 44.2 Å². The Balaban J connectivity index is 2.49. The summed E-state index contributed by atoms with van der Waals surface area (Å²) in [6.07, 6.45) is 5.44. The number of ether oxygens (including phenoxy) is 1. The Hall–Kier alpha value is -1.95. The molecule has 1 aromatic carbocycles. The largest absolute Gasteiger partial charge is 0.445 e. The molecule has 0 heterocycles. The molecule has 1 amide bonds. The van der Waals surface area contributed by atoms with Crippen molar-refractivity contribution in [3.63, 3.8) is 0 Å². The van der Waals surface area contributed by atoms with E-state index >= 15 is 0 Å². The smallest absolute Gasteiger partial charge is 0.410 e. The van der Waals surface area contributed by atoms with Gasteiger partial charge in [-0.1, -0.05) is 30.3 Å². The molecule has 0 N–H and O–H groups in total. The van der Waals surface area contributed by atoms with E-state index in [1.165, 1.54) is 0 Å². The molecule has 0 aliphatic rings. The average molecular weight is 245 g/mol. The Morgan fingerprint density at radius 2 is 2.06 bits per heavy atom. The highest BCUT2D eigenvalue weighted by atomic mass is 16.6. The zero-order valence-corrected chi connectivity index (χ0v) is 10.9. The third-order valence-corrected chi connectivity index (χ3v) is 2.56. The molecule has 0 radical (unpaired) electrons. The Morgan fingerprint density at radius 1 is 1.39 bits per heavy atom. The zero-order valence-electron chi connectivity index (χ0n) is 10.9. The van der Waals surface area contributed by atoms with E-state index in [2.05, 4.69) is 5.92 Å². The predicted molar refractivity (Wildman–Crippen MR) is 71.9 cm³/mol. The summed E-state index contributed by atoms with van der Waals surface area (Å²) in [5.41, 5.74) is 0.978. The number of nitrogens with zero attached hydrogens (tertiary/aromatic N) is 1. The summed E-state index contributed by atoms with van der Waals surface area (Å²) < 4.78 is 5.27. The van der Waals surface area contributed by atoms with Crippen molar-refractivity contribution >= 4 is 6.09 Å². The van der Waals surface area contributed by atoms with Crippen LogP contribution in [0.3, 0.4) is 0 Å². The van der Waals surface area contributed by atoms with Crippen molar-refractivity contribution in [3.05, 3.63) is 35.9 Å². The molecule has 0 aliphatic heterocycles. The molecule has 3 nitrogen and oxygen atoms in total. The highest BCUT2D eigenvalue weighted by Crippen LogP contribution is 2.06. The number of carbonyl (C=O) groups excluding carboxylic acids is 1. The molecule has 1 rings (SSSR count). The molecule has 0 saturated carbocycles. The van der Waals surface area contributed by atoms with E-state index in [0.717, 1.165) is 5.56 Å². The topological polar surface area (TPSA) is 29.5 Å². The third kappa shape index (κ3) is 4.50. The summed E-state index contributed by atoms with van der Waals surface area (Å²) in [6, 6.07) is 9.70. The van der Waals surface area contributed by atoms with Crippen molar-refractivity contribution in [2.24, 2.45) is 0 Å². The van der Waals surface area contributed by atoms with E-state index < -0.39 is 0 Å². The van der Waals surface area contributed by atoms with Crippen LogP contribution >= 0.6 is 0 Å². The fourth-order valence-electron chi connectivity index (χ4n) is 1.55. The lowest BCUT2D eigenvalue weighted by atomic mass is 10.2. The van der Waals surface area contributed by atoms with Gasteiger partial charge < -0.3 is 9.64 Å². The van der Waals surface area contributed by atoms with Crippen LogP contribution in [0.5, 0.6) is 0 Å². The van der Waals surface area contributed by atoms with Gasteiger partial charge in [0.2, 0.25) is 0 Å². The number of amides is 1. The maximum Gasteiger partial charge on any atom is 0.410 e. The van der Waals surface area contributed by atoms with Gasteiger partial charge in [-0.05, 0) is 19.4 Å². The van der Waals surface area contributed by atoms with Crippen molar-refractivity contribution in [2.45, 2.75) is 32.9 Å². The summed E-state index contributed by atoms with van der Waals surface area (Å²) >= 11 is 0. The first-order chi connectivity index (χ1) is 8.65. The van der Waals surface area contributed by atoms with Crippen molar-refractivity contribution < 1.29 is 9.53 Å². The summed E-state index contributed by atoms with van der Waals surface area (Å²) in [6.45, 7) is 4.71. The number of terminal acetylenes is 1. The maximum atomic E-state index is 11.9. The standard InChI is InChI=1S/C15H19NO2/c1-4-5-11-16(13(2)3)15(17)18-12-14-9-7-6-8-10-14/h1,6-10,13H,5,11-12H2,2-3H3. The number of hydrogen-bond acceptors (Lipinski definition) is 2. The van der Waals surface area contributed by atoms with Crippen LogP contribution in [0.4, 0.5) is 4.79 Å². The molecule has 0 saturated heterocycles. The normalized spacial score (nSPS) is 9.89. The molecule has 0 bridgehead atoms. The van der Waals surface area contributed by atoms with Crippen molar-refractivity contribution in [1.82, 2.24) is 4.90 Å². The van der Waals surface area contributed by atoms with Crippen LogP contribution in [0.25, 0.3) is 0 Å². The van der Waals surface area contributed by atoms with Gasteiger partial charge in [0.05, 0.1) is 0 Å². The van der Waals surface area contributed by atoms with Crippen LogP contribution in [0.15, 0.2) is 30.3 Å². The molecule has 18 heavy (non-hydrogen) atoms. The number of rotatable bonds is 5. The lowest BCUT2D eigenvalue weighted by molar-refractivity contribution is 0.0868. The molecular weight excluding hydrogens is 226 g/mol. The van der Waals surface area contributed by atoms with Crippen LogP contribution in [0, 0.1) is 12.3 Å². The Morgan fingerprint density at radius 3 is 2.61 bits per heavy atom. The minimum absolute atomic E-state index is 0.0848. The number of hydrogen-bond donors (Lipinski definition) is 0. The molecule has 96 valence electrons. The van der Waals surface area contributed by atoms with E-state index in [4.69, 9.17) is 11.2 Å². The first-order valence-corrected chi connectivity index (χ1v) is 6.06. The van der Waals surface area contributed by atoms with Crippen molar-refractivity contribution in [1.29, 1.82) is 0 Å².